The molecule has 1 unspecified atom stereocenters. The maximum absolute atomic E-state index is 12.5. The number of aryl methyl sites for hydroxylation is 1. The van der Waals surface area contributed by atoms with E-state index in [0.717, 1.165) is 17.7 Å². The minimum absolute atomic E-state index is 0.0319. The Morgan fingerprint density at radius 1 is 1.37 bits per heavy atom. The van der Waals surface area contributed by atoms with Crippen LogP contribution in [0.1, 0.15) is 32.3 Å². The molecule has 1 aliphatic heterocycles. The molecule has 1 atom stereocenters. The summed E-state index contributed by atoms with van der Waals surface area (Å²) in [6, 6.07) is 7.90. The largest absolute Gasteiger partial charge is 0.312 e. The Labute approximate surface area is 114 Å². The van der Waals surface area contributed by atoms with Crippen molar-refractivity contribution in [2.75, 3.05) is 11.4 Å². The van der Waals surface area contributed by atoms with Gasteiger partial charge in [0, 0.05) is 18.2 Å². The van der Waals surface area contributed by atoms with Crippen molar-refractivity contribution in [1.82, 2.24) is 0 Å². The van der Waals surface area contributed by atoms with Crippen molar-refractivity contribution in [3.8, 4) is 0 Å². The van der Waals surface area contributed by atoms with Gasteiger partial charge in [-0.25, -0.2) is 0 Å². The lowest BCUT2D eigenvalue weighted by Gasteiger charge is -2.32. The highest BCUT2D eigenvalue weighted by Crippen LogP contribution is 2.27. The summed E-state index contributed by atoms with van der Waals surface area (Å²) in [7, 11) is 0. The van der Waals surface area contributed by atoms with E-state index < -0.39 is 5.92 Å². The molecular weight excluding hydrogens is 238 g/mol. The number of ketones is 1. The van der Waals surface area contributed by atoms with Gasteiger partial charge in [-0.15, -0.1) is 0 Å². The van der Waals surface area contributed by atoms with E-state index in [-0.39, 0.29) is 17.6 Å². The highest BCUT2D eigenvalue weighted by atomic mass is 16.2. The van der Waals surface area contributed by atoms with Crippen molar-refractivity contribution in [3.63, 3.8) is 0 Å². The van der Waals surface area contributed by atoms with E-state index in [0.29, 0.717) is 13.0 Å². The third-order valence-corrected chi connectivity index (χ3v) is 3.66. The highest BCUT2D eigenvalue weighted by molar-refractivity contribution is 6.09. The van der Waals surface area contributed by atoms with Crippen LogP contribution < -0.4 is 4.90 Å². The zero-order valence-electron chi connectivity index (χ0n) is 11.8. The summed E-state index contributed by atoms with van der Waals surface area (Å²) in [5.74, 6) is -0.487. The van der Waals surface area contributed by atoms with Crippen molar-refractivity contribution in [3.05, 3.63) is 29.8 Å². The fraction of sp³-hybridized carbons (Fsp3) is 0.500. The average molecular weight is 259 g/mol. The maximum Gasteiger partial charge on any atom is 0.237 e. The number of carbonyl (C=O) groups is 2. The Kier molecular flexibility index (Phi) is 4.03. The second-order valence-electron chi connectivity index (χ2n) is 5.58. The Hall–Kier alpha value is -1.64. The summed E-state index contributed by atoms with van der Waals surface area (Å²) in [5, 5.41) is 0. The highest BCUT2D eigenvalue weighted by Gasteiger charge is 2.35. The van der Waals surface area contributed by atoms with Crippen LogP contribution in [0.5, 0.6) is 0 Å². The molecule has 1 aliphatic rings. The molecule has 1 fully saturated rings. The first-order valence-corrected chi connectivity index (χ1v) is 6.92. The van der Waals surface area contributed by atoms with Crippen LogP contribution in [0.3, 0.4) is 0 Å². The number of amides is 1. The molecule has 1 amide bonds. The van der Waals surface area contributed by atoms with Crippen molar-refractivity contribution in [2.24, 2.45) is 11.8 Å². The number of hydrogen-bond donors (Lipinski definition) is 0. The van der Waals surface area contributed by atoms with Crippen LogP contribution >= 0.6 is 0 Å². The standard InChI is InChI=1S/C16H21NO2/c1-11(2)15(18)14-8-5-9-17(16(14)19)13-7-4-6-12(3)10-13/h4,6-7,10-11,14H,5,8-9H2,1-3H3. The predicted octanol–water partition coefficient (Wildman–Crippen LogP) is 2.96. The molecule has 2 rings (SSSR count). The first-order valence-electron chi connectivity index (χ1n) is 6.92. The number of anilines is 1. The third kappa shape index (κ3) is 2.86. The first-order chi connectivity index (χ1) is 9.00. The van der Waals surface area contributed by atoms with E-state index in [9.17, 15) is 9.59 Å². The number of hydrogen-bond acceptors (Lipinski definition) is 2. The first kappa shape index (κ1) is 13.8. The van der Waals surface area contributed by atoms with E-state index in [4.69, 9.17) is 0 Å². The lowest BCUT2D eigenvalue weighted by Crippen LogP contribution is -2.45. The van der Waals surface area contributed by atoms with E-state index >= 15 is 0 Å². The van der Waals surface area contributed by atoms with Crippen molar-refractivity contribution in [2.45, 2.75) is 33.6 Å². The minimum atomic E-state index is -0.450. The number of benzene rings is 1. The van der Waals surface area contributed by atoms with Gasteiger partial charge in [0.05, 0.1) is 5.92 Å². The van der Waals surface area contributed by atoms with Crippen LogP contribution in [0, 0.1) is 18.8 Å². The molecule has 1 aromatic rings. The lowest BCUT2D eigenvalue weighted by atomic mass is 9.87. The second kappa shape index (κ2) is 5.55. The van der Waals surface area contributed by atoms with Crippen molar-refractivity contribution < 1.29 is 9.59 Å². The summed E-state index contributed by atoms with van der Waals surface area (Å²) < 4.78 is 0. The molecule has 1 aromatic carbocycles. The second-order valence-corrected chi connectivity index (χ2v) is 5.58. The van der Waals surface area contributed by atoms with E-state index in [1.807, 2.05) is 45.0 Å². The van der Waals surface area contributed by atoms with Gasteiger partial charge in [0.25, 0.3) is 0 Å². The molecule has 0 bridgehead atoms. The fourth-order valence-corrected chi connectivity index (χ4v) is 2.59. The number of rotatable bonds is 3. The molecule has 0 saturated carbocycles. The lowest BCUT2D eigenvalue weighted by molar-refractivity contribution is -0.135. The quantitative estimate of drug-likeness (QED) is 0.783. The zero-order valence-corrected chi connectivity index (χ0v) is 11.8. The molecule has 0 spiro atoms. The van der Waals surface area contributed by atoms with Gasteiger partial charge in [-0.2, -0.15) is 0 Å². The number of nitrogens with zero attached hydrogens (tertiary/aromatic N) is 1. The van der Waals surface area contributed by atoms with Crippen LogP contribution in [0.25, 0.3) is 0 Å². The summed E-state index contributed by atoms with van der Waals surface area (Å²) in [4.78, 5) is 26.4. The van der Waals surface area contributed by atoms with Crippen molar-refractivity contribution in [1.29, 1.82) is 0 Å². The molecule has 0 radical (unpaired) electrons. The Bertz CT molecular complexity index is 493. The molecule has 1 saturated heterocycles. The van der Waals surface area contributed by atoms with E-state index in [1.165, 1.54) is 0 Å². The molecule has 3 heteroatoms. The van der Waals surface area contributed by atoms with Crippen LogP contribution in [0.4, 0.5) is 5.69 Å². The molecular formula is C16H21NO2. The molecule has 102 valence electrons. The fourth-order valence-electron chi connectivity index (χ4n) is 2.59. The van der Waals surface area contributed by atoms with Crippen LogP contribution in [-0.4, -0.2) is 18.2 Å². The Balaban J connectivity index is 2.23. The van der Waals surface area contributed by atoms with Gasteiger partial charge in [-0.05, 0) is 37.5 Å². The van der Waals surface area contributed by atoms with Gasteiger partial charge in [-0.3, -0.25) is 9.59 Å². The molecule has 19 heavy (non-hydrogen) atoms. The minimum Gasteiger partial charge on any atom is -0.312 e. The Morgan fingerprint density at radius 2 is 2.11 bits per heavy atom. The van der Waals surface area contributed by atoms with Crippen molar-refractivity contribution >= 4 is 17.4 Å². The van der Waals surface area contributed by atoms with Gasteiger partial charge >= 0.3 is 0 Å². The summed E-state index contributed by atoms with van der Waals surface area (Å²) in [6.07, 6.45) is 1.58. The molecule has 0 aromatic heterocycles. The monoisotopic (exact) mass is 259 g/mol. The molecule has 0 aliphatic carbocycles. The summed E-state index contributed by atoms with van der Waals surface area (Å²) in [5.41, 5.74) is 2.04. The smallest absolute Gasteiger partial charge is 0.237 e. The summed E-state index contributed by atoms with van der Waals surface area (Å²) >= 11 is 0. The maximum atomic E-state index is 12.5. The SMILES string of the molecule is Cc1cccc(N2CCCC(C(=O)C(C)C)C2=O)c1. The third-order valence-electron chi connectivity index (χ3n) is 3.66. The van der Waals surface area contributed by atoms with Gasteiger partial charge in [-0.1, -0.05) is 26.0 Å². The topological polar surface area (TPSA) is 37.4 Å². The van der Waals surface area contributed by atoms with Gasteiger partial charge in [0.15, 0.2) is 0 Å². The zero-order chi connectivity index (χ0) is 14.0. The van der Waals surface area contributed by atoms with Crippen LogP contribution in [0.2, 0.25) is 0 Å². The van der Waals surface area contributed by atoms with Crippen LogP contribution in [-0.2, 0) is 9.59 Å². The van der Waals surface area contributed by atoms with E-state index in [1.54, 1.807) is 4.90 Å². The number of Topliss-reactive ketones (excluding diaryl/α,β-unsaturated/α-hetero) is 1. The van der Waals surface area contributed by atoms with Gasteiger partial charge < -0.3 is 4.90 Å². The number of piperidine rings is 1. The predicted molar refractivity (Wildman–Crippen MR) is 76.1 cm³/mol. The summed E-state index contributed by atoms with van der Waals surface area (Å²) in [6.45, 7) is 6.45. The van der Waals surface area contributed by atoms with Gasteiger partial charge in [0.1, 0.15) is 5.78 Å². The molecule has 3 nitrogen and oxygen atoms in total. The Morgan fingerprint density at radius 3 is 2.74 bits per heavy atom. The molecule has 1 heterocycles. The van der Waals surface area contributed by atoms with Gasteiger partial charge in [0.2, 0.25) is 5.91 Å². The van der Waals surface area contributed by atoms with Crippen LogP contribution in [0.15, 0.2) is 24.3 Å². The van der Waals surface area contributed by atoms with E-state index in [2.05, 4.69) is 0 Å². The molecule has 0 N–H and O–H groups in total. The normalized spacial score (nSPS) is 19.9. The average Bonchev–Trinajstić information content (AvgIpc) is 2.38. The number of carbonyl (C=O) groups excluding carboxylic acids is 2.